The minimum absolute atomic E-state index is 0.854. The number of rotatable bonds is 3. The minimum atomic E-state index is 0.854. The van der Waals surface area contributed by atoms with Crippen molar-refractivity contribution in [1.29, 1.82) is 0 Å². The van der Waals surface area contributed by atoms with E-state index in [9.17, 15) is 0 Å². The van der Waals surface area contributed by atoms with Crippen LogP contribution in [0.2, 0.25) is 0 Å². The molecule has 0 spiro atoms. The van der Waals surface area contributed by atoms with Crippen LogP contribution in [-0.2, 0) is 0 Å². The third kappa shape index (κ3) is 2.34. The van der Waals surface area contributed by atoms with E-state index in [1.54, 1.807) is 7.05 Å². The average molecular weight is 114 g/mol. The molecule has 0 aliphatic rings. The molecule has 0 heterocycles. The first kappa shape index (κ1) is 7.14. The third-order valence-corrected chi connectivity index (χ3v) is 0.750. The SMILES string of the molecule is CN[C]=C(NC)NC. The van der Waals surface area contributed by atoms with Crippen LogP contribution in [0.4, 0.5) is 0 Å². The molecule has 8 heavy (non-hydrogen) atoms. The molecule has 0 unspecified atom stereocenters. The van der Waals surface area contributed by atoms with Crippen molar-refractivity contribution < 1.29 is 0 Å². The molecule has 3 nitrogen and oxygen atoms in total. The monoisotopic (exact) mass is 114 g/mol. The van der Waals surface area contributed by atoms with Crippen LogP contribution in [0.15, 0.2) is 5.82 Å². The molecule has 3 heteroatoms. The Morgan fingerprint density at radius 3 is 1.75 bits per heavy atom. The molecule has 0 saturated heterocycles. The van der Waals surface area contributed by atoms with Crippen LogP contribution in [-0.4, -0.2) is 21.1 Å². The molecule has 0 aromatic rings. The molecule has 0 aliphatic carbocycles. The summed E-state index contributed by atoms with van der Waals surface area (Å²) in [4.78, 5) is 0. The molecule has 3 N–H and O–H groups in total. The van der Waals surface area contributed by atoms with E-state index in [0.29, 0.717) is 0 Å². The summed E-state index contributed by atoms with van der Waals surface area (Å²) in [6.45, 7) is 0. The Labute approximate surface area is 50.2 Å². The third-order valence-electron chi connectivity index (χ3n) is 0.750. The highest BCUT2D eigenvalue weighted by Gasteiger charge is 1.81. The Kier molecular flexibility index (Phi) is 3.84. The van der Waals surface area contributed by atoms with Gasteiger partial charge in [-0.25, -0.2) is 0 Å². The lowest BCUT2D eigenvalue weighted by Crippen LogP contribution is -2.21. The van der Waals surface area contributed by atoms with Gasteiger partial charge in [0, 0.05) is 21.1 Å². The van der Waals surface area contributed by atoms with Crippen LogP contribution >= 0.6 is 0 Å². The Balaban J connectivity index is 3.49. The second-order valence-electron chi connectivity index (χ2n) is 1.25. The summed E-state index contributed by atoms with van der Waals surface area (Å²) in [7, 11) is 5.46. The van der Waals surface area contributed by atoms with Crippen molar-refractivity contribution in [2.45, 2.75) is 0 Å². The molecule has 0 amide bonds. The van der Waals surface area contributed by atoms with E-state index in [4.69, 9.17) is 0 Å². The van der Waals surface area contributed by atoms with Gasteiger partial charge in [-0.15, -0.1) is 0 Å². The lowest BCUT2D eigenvalue weighted by Gasteiger charge is -2.02. The second kappa shape index (κ2) is 4.30. The molecule has 47 valence electrons. The smallest absolute Gasteiger partial charge is 0.124 e. The molecule has 0 aromatic carbocycles. The van der Waals surface area contributed by atoms with Crippen LogP contribution in [0.1, 0.15) is 0 Å². The Morgan fingerprint density at radius 1 is 1.12 bits per heavy atom. The zero-order valence-electron chi connectivity index (χ0n) is 5.50. The maximum Gasteiger partial charge on any atom is 0.124 e. The highest BCUT2D eigenvalue weighted by molar-refractivity contribution is 4.86. The van der Waals surface area contributed by atoms with Gasteiger partial charge in [-0.05, 0) is 0 Å². The van der Waals surface area contributed by atoms with Gasteiger partial charge >= 0.3 is 0 Å². The fraction of sp³-hybridized carbons (Fsp3) is 0.600. The first-order valence-electron chi connectivity index (χ1n) is 2.50. The van der Waals surface area contributed by atoms with Crippen LogP contribution in [0, 0.1) is 6.20 Å². The summed E-state index contributed by atoms with van der Waals surface area (Å²) in [5.41, 5.74) is 0. The van der Waals surface area contributed by atoms with Crippen molar-refractivity contribution in [2.75, 3.05) is 21.1 Å². The molecule has 1 radical (unpaired) electrons. The average Bonchev–Trinajstić information content (AvgIpc) is 1.83. The van der Waals surface area contributed by atoms with Gasteiger partial charge in [-0.2, -0.15) is 0 Å². The molecule has 0 rings (SSSR count). The van der Waals surface area contributed by atoms with Crippen molar-refractivity contribution in [2.24, 2.45) is 0 Å². The quantitative estimate of drug-likeness (QED) is 0.422. The van der Waals surface area contributed by atoms with Crippen LogP contribution < -0.4 is 16.0 Å². The topological polar surface area (TPSA) is 36.1 Å². The van der Waals surface area contributed by atoms with Gasteiger partial charge < -0.3 is 16.0 Å². The van der Waals surface area contributed by atoms with E-state index in [2.05, 4.69) is 22.2 Å². The number of hydrogen-bond acceptors (Lipinski definition) is 3. The van der Waals surface area contributed by atoms with Crippen molar-refractivity contribution in [3.8, 4) is 0 Å². The van der Waals surface area contributed by atoms with E-state index in [0.717, 1.165) is 5.82 Å². The lowest BCUT2D eigenvalue weighted by atomic mass is 10.7. The molecule has 0 fully saturated rings. The van der Waals surface area contributed by atoms with Crippen molar-refractivity contribution in [3.63, 3.8) is 0 Å². The summed E-state index contributed by atoms with van der Waals surface area (Å²) in [5, 5.41) is 8.53. The van der Waals surface area contributed by atoms with E-state index in [-0.39, 0.29) is 0 Å². The summed E-state index contributed by atoms with van der Waals surface area (Å²) in [6, 6.07) is 0. The molecule has 0 aromatic heterocycles. The first-order valence-corrected chi connectivity index (χ1v) is 2.50. The predicted molar refractivity (Wildman–Crippen MR) is 33.9 cm³/mol. The maximum atomic E-state index is 2.88. The molecule has 0 bridgehead atoms. The summed E-state index contributed by atoms with van der Waals surface area (Å²) < 4.78 is 0. The largest absolute Gasteiger partial charge is 0.383 e. The molecule has 0 aliphatic heterocycles. The zero-order valence-corrected chi connectivity index (χ0v) is 5.50. The maximum absolute atomic E-state index is 2.88. The van der Waals surface area contributed by atoms with E-state index < -0.39 is 0 Å². The van der Waals surface area contributed by atoms with Crippen LogP contribution in [0.3, 0.4) is 0 Å². The Hall–Kier alpha value is -0.860. The van der Waals surface area contributed by atoms with Crippen molar-refractivity contribution in [1.82, 2.24) is 16.0 Å². The Morgan fingerprint density at radius 2 is 1.62 bits per heavy atom. The fourth-order valence-corrected chi connectivity index (χ4v) is 0.375. The van der Waals surface area contributed by atoms with Gasteiger partial charge in [-0.1, -0.05) is 0 Å². The number of hydrogen-bond donors (Lipinski definition) is 3. The van der Waals surface area contributed by atoms with E-state index in [1.165, 1.54) is 0 Å². The van der Waals surface area contributed by atoms with E-state index in [1.807, 2.05) is 14.1 Å². The van der Waals surface area contributed by atoms with Gasteiger partial charge in [0.15, 0.2) is 0 Å². The van der Waals surface area contributed by atoms with Crippen molar-refractivity contribution >= 4 is 0 Å². The first-order chi connectivity index (χ1) is 3.85. The zero-order chi connectivity index (χ0) is 6.41. The predicted octanol–water partition coefficient (Wildman–Crippen LogP) is -0.753. The molecule has 0 saturated carbocycles. The van der Waals surface area contributed by atoms with Gasteiger partial charge in [0.1, 0.15) is 12.0 Å². The Bertz CT molecular complexity index is 71.7. The van der Waals surface area contributed by atoms with Gasteiger partial charge in [0.2, 0.25) is 0 Å². The van der Waals surface area contributed by atoms with Crippen LogP contribution in [0.25, 0.3) is 0 Å². The van der Waals surface area contributed by atoms with Gasteiger partial charge in [-0.3, -0.25) is 0 Å². The van der Waals surface area contributed by atoms with E-state index >= 15 is 0 Å². The minimum Gasteiger partial charge on any atom is -0.383 e. The highest BCUT2D eigenvalue weighted by Crippen LogP contribution is 1.69. The molecular formula is C5H12N3. The summed E-state index contributed by atoms with van der Waals surface area (Å²) >= 11 is 0. The van der Waals surface area contributed by atoms with Gasteiger partial charge in [0.25, 0.3) is 0 Å². The lowest BCUT2D eigenvalue weighted by molar-refractivity contribution is 0.801. The summed E-state index contributed by atoms with van der Waals surface area (Å²) in [5.74, 6) is 0.854. The normalized spacial score (nSPS) is 7.38. The summed E-state index contributed by atoms with van der Waals surface area (Å²) in [6.07, 6.45) is 2.83. The highest BCUT2D eigenvalue weighted by atomic mass is 15.1. The molecular weight excluding hydrogens is 102 g/mol. The number of nitrogens with one attached hydrogen (secondary N) is 3. The fourth-order valence-electron chi connectivity index (χ4n) is 0.375. The second-order valence-corrected chi connectivity index (χ2v) is 1.25. The standard InChI is InChI=1S/C5H12N3/c1-6-4-5(7-2)8-3/h6-8H,1-3H3. The van der Waals surface area contributed by atoms with Crippen LogP contribution in [0.5, 0.6) is 0 Å². The van der Waals surface area contributed by atoms with Crippen molar-refractivity contribution in [3.05, 3.63) is 12.0 Å². The van der Waals surface area contributed by atoms with Gasteiger partial charge in [0.05, 0.1) is 0 Å². The molecule has 0 atom stereocenters.